The molecule has 1 nitrogen and oxygen atoms in total. The highest BCUT2D eigenvalue weighted by Crippen LogP contribution is 2.26. The molecule has 0 aliphatic carbocycles. The zero-order valence-electron chi connectivity index (χ0n) is 9.81. The van der Waals surface area contributed by atoms with Crippen LogP contribution in [0.25, 0.3) is 0 Å². The summed E-state index contributed by atoms with van der Waals surface area (Å²) in [5.74, 6) is 0. The molecule has 0 unspecified atom stereocenters. The van der Waals surface area contributed by atoms with Crippen molar-refractivity contribution in [3.05, 3.63) is 62.6 Å². The van der Waals surface area contributed by atoms with Gasteiger partial charge < -0.3 is 5.32 Å². The van der Waals surface area contributed by atoms with Crippen LogP contribution in [0.5, 0.6) is 0 Å². The molecule has 1 N–H and O–H groups in total. The number of aryl methyl sites for hydroxylation is 1. The normalized spacial score (nSPS) is 10.4. The first-order valence-corrected chi connectivity index (χ1v) is 6.63. The zero-order chi connectivity index (χ0) is 13.1. The summed E-state index contributed by atoms with van der Waals surface area (Å²) in [6.45, 7) is 2.64. The van der Waals surface area contributed by atoms with Crippen molar-refractivity contribution in [3.8, 4) is 0 Å². The minimum Gasteiger partial charge on any atom is -0.380 e. The second-order valence-corrected chi connectivity index (χ2v) is 5.32. The smallest absolute Gasteiger partial charge is 0.0652 e. The Morgan fingerprint density at radius 1 is 0.944 bits per heavy atom. The average molecular weight is 301 g/mol. The Morgan fingerprint density at radius 3 is 2.39 bits per heavy atom. The first-order valence-electron chi connectivity index (χ1n) is 5.50. The number of hydrogen-bond donors (Lipinski definition) is 1. The van der Waals surface area contributed by atoms with Crippen LogP contribution in [-0.2, 0) is 6.54 Å². The highest BCUT2D eigenvalue weighted by molar-refractivity contribution is 6.36. The van der Waals surface area contributed by atoms with Gasteiger partial charge in [0, 0.05) is 16.6 Å². The highest BCUT2D eigenvalue weighted by atomic mass is 35.5. The first kappa shape index (κ1) is 13.5. The van der Waals surface area contributed by atoms with Crippen LogP contribution in [0.2, 0.25) is 15.1 Å². The van der Waals surface area contributed by atoms with E-state index >= 15 is 0 Å². The van der Waals surface area contributed by atoms with Crippen molar-refractivity contribution in [2.24, 2.45) is 0 Å². The van der Waals surface area contributed by atoms with Crippen LogP contribution < -0.4 is 5.32 Å². The molecule has 0 aliphatic rings. The van der Waals surface area contributed by atoms with Crippen LogP contribution in [0, 0.1) is 6.92 Å². The summed E-state index contributed by atoms with van der Waals surface area (Å²) in [5, 5.41) is 5.23. The summed E-state index contributed by atoms with van der Waals surface area (Å²) >= 11 is 18.1. The Bertz CT molecular complexity index is 515. The van der Waals surface area contributed by atoms with E-state index in [0.717, 1.165) is 21.8 Å². The Balaban J connectivity index is 2.11. The number of hydrogen-bond acceptors (Lipinski definition) is 1. The lowest BCUT2D eigenvalue weighted by molar-refractivity contribution is 1.14. The van der Waals surface area contributed by atoms with E-state index < -0.39 is 0 Å². The quantitative estimate of drug-likeness (QED) is 0.781. The summed E-state index contributed by atoms with van der Waals surface area (Å²) < 4.78 is 0. The lowest BCUT2D eigenvalue weighted by Gasteiger charge is -2.10. The second kappa shape index (κ2) is 5.83. The number of benzene rings is 2. The molecule has 0 saturated carbocycles. The van der Waals surface area contributed by atoms with E-state index in [1.807, 2.05) is 31.2 Å². The average Bonchev–Trinajstić information content (AvgIpc) is 2.30. The van der Waals surface area contributed by atoms with Gasteiger partial charge in [0.15, 0.2) is 0 Å². The van der Waals surface area contributed by atoms with E-state index in [-0.39, 0.29) is 0 Å². The molecule has 0 atom stereocenters. The summed E-state index contributed by atoms with van der Waals surface area (Å²) in [6, 6.07) is 11.4. The molecule has 18 heavy (non-hydrogen) atoms. The molecule has 2 rings (SSSR count). The van der Waals surface area contributed by atoms with E-state index in [1.54, 1.807) is 12.1 Å². The molecule has 94 valence electrons. The second-order valence-electron chi connectivity index (χ2n) is 4.07. The maximum Gasteiger partial charge on any atom is 0.0652 e. The molecule has 0 aliphatic heterocycles. The Morgan fingerprint density at radius 2 is 1.72 bits per heavy atom. The maximum atomic E-state index is 6.17. The summed E-state index contributed by atoms with van der Waals surface area (Å²) in [7, 11) is 0. The molecule has 2 aromatic carbocycles. The molecule has 0 aromatic heterocycles. The fraction of sp³-hybridized carbons (Fsp3) is 0.143. The van der Waals surface area contributed by atoms with Crippen molar-refractivity contribution in [3.63, 3.8) is 0 Å². The third kappa shape index (κ3) is 3.32. The summed E-state index contributed by atoms with van der Waals surface area (Å²) in [6.07, 6.45) is 0. The molecule has 0 radical (unpaired) electrons. The van der Waals surface area contributed by atoms with Gasteiger partial charge >= 0.3 is 0 Å². The molecule has 0 heterocycles. The van der Waals surface area contributed by atoms with Gasteiger partial charge in [-0.05, 0) is 42.3 Å². The van der Waals surface area contributed by atoms with Crippen LogP contribution in [0.15, 0.2) is 36.4 Å². The van der Waals surface area contributed by atoms with E-state index in [2.05, 4.69) is 5.32 Å². The monoisotopic (exact) mass is 299 g/mol. The highest BCUT2D eigenvalue weighted by Gasteiger charge is 2.03. The predicted molar refractivity (Wildman–Crippen MR) is 80.0 cm³/mol. The van der Waals surface area contributed by atoms with Crippen LogP contribution in [0.3, 0.4) is 0 Å². The van der Waals surface area contributed by atoms with Crippen LogP contribution >= 0.6 is 34.8 Å². The molecule has 0 spiro atoms. The van der Waals surface area contributed by atoms with Gasteiger partial charge in [-0.1, -0.05) is 46.9 Å². The van der Waals surface area contributed by atoms with Gasteiger partial charge in [0.05, 0.1) is 10.7 Å². The van der Waals surface area contributed by atoms with Crippen LogP contribution in [0.4, 0.5) is 5.69 Å². The van der Waals surface area contributed by atoms with Crippen molar-refractivity contribution >= 4 is 40.5 Å². The third-order valence-corrected chi connectivity index (χ3v) is 3.51. The van der Waals surface area contributed by atoms with Crippen LogP contribution in [0.1, 0.15) is 11.1 Å². The van der Waals surface area contributed by atoms with Gasteiger partial charge in [0.2, 0.25) is 0 Å². The fourth-order valence-corrected chi connectivity index (χ4v) is 2.40. The summed E-state index contributed by atoms with van der Waals surface area (Å²) in [5.41, 5.74) is 3.03. The van der Waals surface area contributed by atoms with Gasteiger partial charge in [-0.15, -0.1) is 0 Å². The van der Waals surface area contributed by atoms with E-state index in [1.165, 1.54) is 0 Å². The minimum atomic E-state index is 0.603. The molecule has 0 fully saturated rings. The molecule has 0 amide bonds. The van der Waals surface area contributed by atoms with Crippen molar-refractivity contribution in [2.75, 3.05) is 5.32 Å². The van der Waals surface area contributed by atoms with E-state index in [0.29, 0.717) is 16.6 Å². The zero-order valence-corrected chi connectivity index (χ0v) is 12.1. The molecule has 2 aromatic rings. The first-order chi connectivity index (χ1) is 8.56. The molecule has 0 saturated heterocycles. The number of nitrogens with one attached hydrogen (secondary N) is 1. The maximum absolute atomic E-state index is 6.17. The van der Waals surface area contributed by atoms with E-state index in [4.69, 9.17) is 34.8 Å². The van der Waals surface area contributed by atoms with Gasteiger partial charge in [-0.25, -0.2) is 0 Å². The van der Waals surface area contributed by atoms with Crippen molar-refractivity contribution in [1.29, 1.82) is 0 Å². The molecular weight excluding hydrogens is 289 g/mol. The lowest BCUT2D eigenvalue weighted by atomic mass is 10.1. The Hall–Kier alpha value is -0.890. The van der Waals surface area contributed by atoms with Gasteiger partial charge in [-0.2, -0.15) is 0 Å². The molecule has 4 heteroatoms. The van der Waals surface area contributed by atoms with Crippen molar-refractivity contribution in [2.45, 2.75) is 13.5 Å². The van der Waals surface area contributed by atoms with Crippen LogP contribution in [-0.4, -0.2) is 0 Å². The number of anilines is 1. The SMILES string of the molecule is Cc1ccc(CNc2ccc(Cl)cc2Cl)c(Cl)c1. The minimum absolute atomic E-state index is 0.603. The molecule has 0 bridgehead atoms. The fourth-order valence-electron chi connectivity index (χ4n) is 1.62. The van der Waals surface area contributed by atoms with Crippen molar-refractivity contribution in [1.82, 2.24) is 0 Å². The topological polar surface area (TPSA) is 12.0 Å². The van der Waals surface area contributed by atoms with Gasteiger partial charge in [0.1, 0.15) is 0 Å². The van der Waals surface area contributed by atoms with Gasteiger partial charge in [-0.3, -0.25) is 0 Å². The van der Waals surface area contributed by atoms with E-state index in [9.17, 15) is 0 Å². The molecular formula is C14H12Cl3N. The standard InChI is InChI=1S/C14H12Cl3N/c1-9-2-3-10(12(16)6-9)8-18-14-5-4-11(15)7-13(14)17/h2-7,18H,8H2,1H3. The number of rotatable bonds is 3. The third-order valence-electron chi connectivity index (χ3n) is 2.61. The van der Waals surface area contributed by atoms with Crippen molar-refractivity contribution < 1.29 is 0 Å². The Labute approximate surface area is 122 Å². The number of halogens is 3. The van der Waals surface area contributed by atoms with Gasteiger partial charge in [0.25, 0.3) is 0 Å². The Kier molecular flexibility index (Phi) is 4.39. The predicted octanol–water partition coefficient (Wildman–Crippen LogP) is 5.57. The largest absolute Gasteiger partial charge is 0.380 e. The summed E-state index contributed by atoms with van der Waals surface area (Å²) in [4.78, 5) is 0. The lowest BCUT2D eigenvalue weighted by Crippen LogP contribution is -2.00.